The Bertz CT molecular complexity index is 449. The van der Waals surface area contributed by atoms with Gasteiger partial charge >= 0.3 is 0 Å². The van der Waals surface area contributed by atoms with E-state index in [0.29, 0.717) is 17.5 Å². The summed E-state index contributed by atoms with van der Waals surface area (Å²) in [4.78, 5) is 0.163. The van der Waals surface area contributed by atoms with Crippen LogP contribution in [0.3, 0.4) is 0 Å². The third-order valence-corrected chi connectivity index (χ3v) is 4.33. The van der Waals surface area contributed by atoms with Gasteiger partial charge in [-0.15, -0.1) is 0 Å². The summed E-state index contributed by atoms with van der Waals surface area (Å²) in [6.07, 6.45) is 3.31. The summed E-state index contributed by atoms with van der Waals surface area (Å²) in [6, 6.07) is 6.00. The fourth-order valence-electron chi connectivity index (χ4n) is 1.51. The lowest BCUT2D eigenvalue weighted by molar-refractivity contribution is 0.185. The molecule has 1 fully saturated rings. The van der Waals surface area contributed by atoms with Crippen molar-refractivity contribution in [2.75, 3.05) is 6.61 Å². The molecule has 3 nitrogen and oxygen atoms in total. The van der Waals surface area contributed by atoms with Gasteiger partial charge in [0.05, 0.1) is 11.5 Å². The van der Waals surface area contributed by atoms with Crippen LogP contribution in [0.5, 0.6) is 0 Å². The third kappa shape index (κ3) is 2.75. The zero-order chi connectivity index (χ0) is 11.6. The predicted molar refractivity (Wildman–Crippen MR) is 61.9 cm³/mol. The summed E-state index contributed by atoms with van der Waals surface area (Å²) in [5.74, 6) is 0.405. The molecule has 0 aliphatic heterocycles. The van der Waals surface area contributed by atoms with Crippen molar-refractivity contribution in [3.8, 4) is 0 Å². The molecule has 16 heavy (non-hydrogen) atoms. The monoisotopic (exact) mass is 260 g/mol. The van der Waals surface area contributed by atoms with E-state index in [-0.39, 0.29) is 4.90 Å². The Labute approximate surface area is 101 Å². The molecule has 0 aromatic heterocycles. The van der Waals surface area contributed by atoms with Crippen molar-refractivity contribution >= 4 is 21.7 Å². The number of hydrogen-bond donors (Lipinski definition) is 0. The van der Waals surface area contributed by atoms with Crippen LogP contribution in [-0.2, 0) is 14.3 Å². The summed E-state index contributed by atoms with van der Waals surface area (Å²) in [6.45, 7) is 0.297. The normalized spacial score (nSPS) is 17.1. The molecule has 0 bridgehead atoms. The Kier molecular flexibility index (Phi) is 3.52. The van der Waals surface area contributed by atoms with E-state index in [9.17, 15) is 8.42 Å². The minimum absolute atomic E-state index is 0.163. The van der Waals surface area contributed by atoms with Crippen molar-refractivity contribution in [1.29, 1.82) is 0 Å². The minimum atomic E-state index is -3.61. The summed E-state index contributed by atoms with van der Waals surface area (Å²) < 4.78 is 28.4. The Hall–Kier alpha value is -0.580. The van der Waals surface area contributed by atoms with E-state index in [1.807, 2.05) is 0 Å². The average molecular weight is 261 g/mol. The molecular formula is C11H13ClO3S. The molecule has 2 rings (SSSR count). The van der Waals surface area contributed by atoms with Crippen LogP contribution >= 0.6 is 11.6 Å². The van der Waals surface area contributed by atoms with Crippen molar-refractivity contribution in [2.45, 2.75) is 24.2 Å². The van der Waals surface area contributed by atoms with E-state index < -0.39 is 10.1 Å². The first-order valence-electron chi connectivity index (χ1n) is 5.23. The fourth-order valence-corrected chi connectivity index (χ4v) is 2.62. The van der Waals surface area contributed by atoms with Gasteiger partial charge in [-0.2, -0.15) is 8.42 Å². The van der Waals surface area contributed by atoms with Crippen LogP contribution in [0.1, 0.15) is 19.3 Å². The second kappa shape index (κ2) is 4.73. The second-order valence-electron chi connectivity index (χ2n) is 3.99. The van der Waals surface area contributed by atoms with Gasteiger partial charge in [0.1, 0.15) is 0 Å². The molecule has 88 valence electrons. The van der Waals surface area contributed by atoms with E-state index in [1.165, 1.54) is 18.6 Å². The highest BCUT2D eigenvalue weighted by Crippen LogP contribution is 2.27. The first kappa shape index (κ1) is 11.9. The molecule has 0 N–H and O–H groups in total. The van der Waals surface area contributed by atoms with Crippen molar-refractivity contribution in [3.05, 3.63) is 29.3 Å². The Morgan fingerprint density at radius 2 is 1.88 bits per heavy atom. The zero-order valence-electron chi connectivity index (χ0n) is 8.73. The molecule has 0 spiro atoms. The highest BCUT2D eigenvalue weighted by atomic mass is 35.5. The first-order chi connectivity index (χ1) is 7.58. The molecule has 0 saturated heterocycles. The topological polar surface area (TPSA) is 43.4 Å². The maximum Gasteiger partial charge on any atom is 0.296 e. The van der Waals surface area contributed by atoms with Crippen molar-refractivity contribution in [3.63, 3.8) is 0 Å². The van der Waals surface area contributed by atoms with Gasteiger partial charge < -0.3 is 0 Å². The van der Waals surface area contributed by atoms with Crippen LogP contribution in [0.4, 0.5) is 0 Å². The zero-order valence-corrected chi connectivity index (χ0v) is 10.3. The van der Waals surface area contributed by atoms with Gasteiger partial charge in [-0.25, -0.2) is 0 Å². The maximum absolute atomic E-state index is 11.7. The van der Waals surface area contributed by atoms with E-state index in [2.05, 4.69) is 0 Å². The minimum Gasteiger partial charge on any atom is -0.266 e. The molecule has 0 radical (unpaired) electrons. The summed E-state index contributed by atoms with van der Waals surface area (Å²) in [5.41, 5.74) is 0. The van der Waals surface area contributed by atoms with Crippen molar-refractivity contribution in [1.82, 2.24) is 0 Å². The van der Waals surface area contributed by atoms with Crippen molar-refractivity contribution < 1.29 is 12.6 Å². The van der Waals surface area contributed by atoms with E-state index in [0.717, 1.165) is 12.8 Å². The maximum atomic E-state index is 11.7. The lowest BCUT2D eigenvalue weighted by Gasteiger charge is -2.24. The largest absolute Gasteiger partial charge is 0.296 e. The molecule has 0 amide bonds. The van der Waals surface area contributed by atoms with Gasteiger partial charge in [0.2, 0.25) is 0 Å². The van der Waals surface area contributed by atoms with Crippen LogP contribution in [0, 0.1) is 5.92 Å². The number of benzene rings is 1. The number of rotatable bonds is 4. The molecule has 1 aromatic carbocycles. The van der Waals surface area contributed by atoms with Crippen molar-refractivity contribution in [2.24, 2.45) is 5.92 Å². The van der Waals surface area contributed by atoms with Gasteiger partial charge in [0.25, 0.3) is 10.1 Å². The third-order valence-electron chi connectivity index (χ3n) is 2.79. The van der Waals surface area contributed by atoms with Crippen LogP contribution in [0.25, 0.3) is 0 Å². The van der Waals surface area contributed by atoms with E-state index in [1.54, 1.807) is 12.1 Å². The van der Waals surface area contributed by atoms with E-state index in [4.69, 9.17) is 15.8 Å². The molecule has 0 heterocycles. The second-order valence-corrected chi connectivity index (χ2v) is 6.04. The molecule has 5 heteroatoms. The molecule has 1 aromatic rings. The molecule has 0 unspecified atom stereocenters. The standard InChI is InChI=1S/C11H13ClO3S/c12-10-4-6-11(7-5-10)16(13,14)15-8-9-2-1-3-9/h4-7,9H,1-3,8H2. The van der Waals surface area contributed by atoms with Crippen LogP contribution < -0.4 is 0 Å². The Morgan fingerprint density at radius 1 is 1.25 bits per heavy atom. The number of halogens is 1. The predicted octanol–water partition coefficient (Wildman–Crippen LogP) is 2.85. The van der Waals surface area contributed by atoms with Gasteiger partial charge in [-0.05, 0) is 43.0 Å². The smallest absolute Gasteiger partial charge is 0.266 e. The van der Waals surface area contributed by atoms with Crippen LogP contribution in [-0.4, -0.2) is 15.0 Å². The Morgan fingerprint density at radius 3 is 2.38 bits per heavy atom. The van der Waals surface area contributed by atoms with Gasteiger partial charge in [0.15, 0.2) is 0 Å². The highest BCUT2D eigenvalue weighted by Gasteiger charge is 2.22. The quantitative estimate of drug-likeness (QED) is 0.782. The van der Waals surface area contributed by atoms with Crippen LogP contribution in [0.2, 0.25) is 5.02 Å². The summed E-state index contributed by atoms with van der Waals surface area (Å²) >= 11 is 5.69. The molecule has 1 aliphatic carbocycles. The number of hydrogen-bond acceptors (Lipinski definition) is 3. The Balaban J connectivity index is 2.02. The van der Waals surface area contributed by atoms with E-state index >= 15 is 0 Å². The van der Waals surface area contributed by atoms with Gasteiger partial charge in [-0.1, -0.05) is 18.0 Å². The molecule has 0 atom stereocenters. The summed E-state index contributed by atoms with van der Waals surface area (Å²) in [5, 5.41) is 0.512. The summed E-state index contributed by atoms with van der Waals surface area (Å²) in [7, 11) is -3.61. The van der Waals surface area contributed by atoms with Gasteiger partial charge in [0, 0.05) is 5.02 Å². The first-order valence-corrected chi connectivity index (χ1v) is 7.01. The van der Waals surface area contributed by atoms with Gasteiger partial charge in [-0.3, -0.25) is 4.18 Å². The fraction of sp³-hybridized carbons (Fsp3) is 0.455. The SMILES string of the molecule is O=S(=O)(OCC1CCC1)c1ccc(Cl)cc1. The van der Waals surface area contributed by atoms with Crippen LogP contribution in [0.15, 0.2) is 29.2 Å². The molecular weight excluding hydrogens is 248 g/mol. The lowest BCUT2D eigenvalue weighted by Crippen LogP contribution is -2.20. The lowest BCUT2D eigenvalue weighted by atomic mass is 9.86. The molecule has 1 saturated carbocycles. The average Bonchev–Trinajstić information content (AvgIpc) is 2.15. The highest BCUT2D eigenvalue weighted by molar-refractivity contribution is 7.86. The molecule has 1 aliphatic rings.